The number of benzene rings is 1. The minimum Gasteiger partial charge on any atom is -0.371 e. The van der Waals surface area contributed by atoms with Crippen LogP contribution >= 0.6 is 0 Å². The topological polar surface area (TPSA) is 3.24 Å². The van der Waals surface area contributed by atoms with Crippen LogP contribution in [0.3, 0.4) is 0 Å². The van der Waals surface area contributed by atoms with Crippen LogP contribution in [0.25, 0.3) is 0 Å². The number of rotatable bonds is 31. The molecule has 0 heterocycles. The van der Waals surface area contributed by atoms with E-state index in [2.05, 4.69) is 49.9 Å². The van der Waals surface area contributed by atoms with Crippen LogP contribution in [0.15, 0.2) is 24.3 Å². The van der Waals surface area contributed by atoms with Gasteiger partial charge in [0.2, 0.25) is 0 Å². The molecule has 1 nitrogen and oxygen atoms in total. The zero-order chi connectivity index (χ0) is 28.8. The van der Waals surface area contributed by atoms with Crippen LogP contribution in [0, 0.1) is 6.92 Å². The van der Waals surface area contributed by atoms with Crippen LogP contribution in [0.2, 0.25) is 0 Å². The highest BCUT2D eigenvalue weighted by atomic mass is 15.1. The molecule has 40 heavy (non-hydrogen) atoms. The van der Waals surface area contributed by atoms with Gasteiger partial charge in [-0.15, -0.1) is 0 Å². The molecule has 0 bridgehead atoms. The Bertz CT molecular complexity index is 591. The zero-order valence-corrected chi connectivity index (χ0v) is 28.0. The Morgan fingerprint density at radius 3 is 0.950 bits per heavy atom. The maximum absolute atomic E-state index is 2.70. The van der Waals surface area contributed by atoms with E-state index in [1.807, 2.05) is 0 Å². The lowest BCUT2D eigenvalue weighted by atomic mass is 10.0. The molecule has 0 aromatic heterocycles. The largest absolute Gasteiger partial charge is 0.371 e. The Labute approximate surface area is 253 Å². The summed E-state index contributed by atoms with van der Waals surface area (Å²) >= 11 is 0. The van der Waals surface area contributed by atoms with Crippen molar-refractivity contribution in [3.05, 3.63) is 29.8 Å². The minimum absolute atomic E-state index is 1.24. The van der Waals surface area contributed by atoms with E-state index in [-0.39, 0.29) is 0 Å². The number of nitrogens with zero attached hydrogens (tertiary/aromatic N) is 1. The molecule has 0 saturated carbocycles. The van der Waals surface area contributed by atoms with Crippen molar-refractivity contribution in [2.45, 2.75) is 201 Å². The Hall–Kier alpha value is -0.980. The molecule has 234 valence electrons. The number of unbranched alkanes of at least 4 members (excludes halogenated alkanes) is 26. The molecular formula is C39H73N. The summed E-state index contributed by atoms with van der Waals surface area (Å²) in [4.78, 5) is 2.70. The van der Waals surface area contributed by atoms with E-state index in [0.717, 1.165) is 0 Å². The van der Waals surface area contributed by atoms with Crippen LogP contribution in [-0.4, -0.2) is 13.1 Å². The molecule has 1 aromatic rings. The van der Waals surface area contributed by atoms with Gasteiger partial charge in [0, 0.05) is 18.8 Å². The molecule has 0 radical (unpaired) electrons. The summed E-state index contributed by atoms with van der Waals surface area (Å²) in [5.74, 6) is 0. The fourth-order valence-electron chi connectivity index (χ4n) is 6.27. The van der Waals surface area contributed by atoms with E-state index < -0.39 is 0 Å². The summed E-state index contributed by atoms with van der Waals surface area (Å²) in [6, 6.07) is 9.06. The van der Waals surface area contributed by atoms with E-state index >= 15 is 0 Å². The van der Waals surface area contributed by atoms with Gasteiger partial charge in [-0.05, 0) is 31.4 Å². The molecule has 0 aliphatic rings. The molecule has 0 amide bonds. The fraction of sp³-hybridized carbons (Fsp3) is 0.846. The van der Waals surface area contributed by atoms with Crippen molar-refractivity contribution in [1.29, 1.82) is 0 Å². The molecular weight excluding hydrogens is 482 g/mol. The first-order chi connectivity index (χ1) is 19.8. The van der Waals surface area contributed by atoms with Crippen molar-refractivity contribution >= 4 is 5.69 Å². The van der Waals surface area contributed by atoms with Gasteiger partial charge < -0.3 is 4.90 Å². The number of hydrogen-bond donors (Lipinski definition) is 0. The third kappa shape index (κ3) is 22.7. The lowest BCUT2D eigenvalue weighted by molar-refractivity contribution is 0.529. The fourth-order valence-corrected chi connectivity index (χ4v) is 6.27. The second kappa shape index (κ2) is 29.5. The Morgan fingerprint density at radius 2 is 0.650 bits per heavy atom. The first kappa shape index (κ1) is 37.0. The van der Waals surface area contributed by atoms with Crippen LogP contribution in [0.4, 0.5) is 5.69 Å². The summed E-state index contributed by atoms with van der Waals surface area (Å²) < 4.78 is 0. The molecule has 0 spiro atoms. The van der Waals surface area contributed by atoms with Crippen molar-refractivity contribution in [3.8, 4) is 0 Å². The number of anilines is 1. The molecule has 0 unspecified atom stereocenters. The lowest BCUT2D eigenvalue weighted by Crippen LogP contribution is -2.26. The normalized spacial score (nSPS) is 11.4. The Morgan fingerprint density at radius 1 is 0.375 bits per heavy atom. The van der Waals surface area contributed by atoms with E-state index in [0.29, 0.717) is 0 Å². The van der Waals surface area contributed by atoms with Crippen LogP contribution in [0.1, 0.15) is 199 Å². The van der Waals surface area contributed by atoms with Gasteiger partial charge in [0.25, 0.3) is 0 Å². The van der Waals surface area contributed by atoms with Crippen molar-refractivity contribution in [3.63, 3.8) is 0 Å². The molecule has 1 aromatic carbocycles. The Balaban J connectivity index is 2.06. The first-order valence-corrected chi connectivity index (χ1v) is 18.6. The highest BCUT2D eigenvalue weighted by Gasteiger charge is 2.08. The number of hydrogen-bond acceptors (Lipinski definition) is 1. The third-order valence-corrected chi connectivity index (χ3v) is 9.02. The molecule has 0 N–H and O–H groups in total. The predicted molar refractivity (Wildman–Crippen MR) is 184 cm³/mol. The summed E-state index contributed by atoms with van der Waals surface area (Å²) in [6.07, 6.45) is 40.3. The monoisotopic (exact) mass is 556 g/mol. The highest BCUT2D eigenvalue weighted by Crippen LogP contribution is 2.22. The number of aryl methyl sites for hydroxylation is 1. The molecule has 0 aliphatic carbocycles. The smallest absolute Gasteiger partial charge is 0.0395 e. The van der Waals surface area contributed by atoms with Crippen LogP contribution in [0.5, 0.6) is 0 Å². The zero-order valence-electron chi connectivity index (χ0n) is 28.0. The molecule has 1 heteroatoms. The molecule has 0 fully saturated rings. The number of para-hydroxylation sites is 1. The lowest BCUT2D eigenvalue weighted by Gasteiger charge is -2.26. The van der Waals surface area contributed by atoms with E-state index in [4.69, 9.17) is 0 Å². The minimum atomic E-state index is 1.24. The van der Waals surface area contributed by atoms with Gasteiger partial charge in [-0.25, -0.2) is 0 Å². The van der Waals surface area contributed by atoms with Gasteiger partial charge in [0.1, 0.15) is 0 Å². The first-order valence-electron chi connectivity index (χ1n) is 18.6. The quantitative estimate of drug-likeness (QED) is 0.0823. The summed E-state index contributed by atoms with van der Waals surface area (Å²) in [5.41, 5.74) is 2.92. The van der Waals surface area contributed by atoms with Crippen LogP contribution < -0.4 is 4.90 Å². The van der Waals surface area contributed by atoms with Crippen molar-refractivity contribution < 1.29 is 0 Å². The summed E-state index contributed by atoms with van der Waals surface area (Å²) in [6.45, 7) is 9.38. The van der Waals surface area contributed by atoms with Gasteiger partial charge in [-0.2, -0.15) is 0 Å². The van der Waals surface area contributed by atoms with Gasteiger partial charge >= 0.3 is 0 Å². The van der Waals surface area contributed by atoms with Crippen molar-refractivity contribution in [2.24, 2.45) is 0 Å². The highest BCUT2D eigenvalue weighted by molar-refractivity contribution is 5.52. The average molecular weight is 556 g/mol. The maximum atomic E-state index is 2.70. The Kier molecular flexibility index (Phi) is 27.3. The second-order valence-corrected chi connectivity index (χ2v) is 13.0. The molecule has 1 rings (SSSR count). The SMILES string of the molecule is CCCCCCCCCCCCCCCCN(CCCCCCCCCCCCCCCC)c1ccccc1C. The second-order valence-electron chi connectivity index (χ2n) is 13.0. The standard InChI is InChI=1S/C39H73N/c1-4-6-8-10-12-14-16-18-20-22-24-26-28-32-36-40(39-35-31-30-34-38(39)3)37-33-29-27-25-23-21-19-17-15-13-11-9-7-5-2/h30-31,34-35H,4-29,32-33,36-37H2,1-3H3. The summed E-state index contributed by atoms with van der Waals surface area (Å²) in [5, 5.41) is 0. The predicted octanol–water partition coefficient (Wildman–Crippen LogP) is 13.8. The molecule has 0 saturated heterocycles. The average Bonchev–Trinajstić information content (AvgIpc) is 2.96. The van der Waals surface area contributed by atoms with Crippen LogP contribution in [-0.2, 0) is 0 Å². The van der Waals surface area contributed by atoms with Gasteiger partial charge in [-0.3, -0.25) is 0 Å². The van der Waals surface area contributed by atoms with E-state index in [1.54, 1.807) is 0 Å². The van der Waals surface area contributed by atoms with Gasteiger partial charge in [-0.1, -0.05) is 199 Å². The third-order valence-electron chi connectivity index (χ3n) is 9.02. The van der Waals surface area contributed by atoms with E-state index in [1.165, 1.54) is 204 Å². The molecule has 0 aliphatic heterocycles. The van der Waals surface area contributed by atoms with Gasteiger partial charge in [0.05, 0.1) is 0 Å². The maximum Gasteiger partial charge on any atom is 0.0395 e. The van der Waals surface area contributed by atoms with E-state index in [9.17, 15) is 0 Å². The molecule has 0 atom stereocenters. The van der Waals surface area contributed by atoms with Crippen molar-refractivity contribution in [1.82, 2.24) is 0 Å². The summed E-state index contributed by atoms with van der Waals surface area (Å²) in [7, 11) is 0. The van der Waals surface area contributed by atoms with Gasteiger partial charge in [0.15, 0.2) is 0 Å². The van der Waals surface area contributed by atoms with Crippen molar-refractivity contribution in [2.75, 3.05) is 18.0 Å².